The smallest absolute Gasteiger partial charge is 0.252 e. The summed E-state index contributed by atoms with van der Waals surface area (Å²) in [5.74, 6) is 1.50. The van der Waals surface area contributed by atoms with Crippen molar-refractivity contribution in [1.82, 2.24) is 5.32 Å². The van der Waals surface area contributed by atoms with Crippen molar-refractivity contribution < 1.29 is 9.53 Å². The molecule has 3 nitrogen and oxygen atoms in total. The van der Waals surface area contributed by atoms with Crippen LogP contribution in [-0.2, 0) is 6.54 Å². The van der Waals surface area contributed by atoms with Crippen LogP contribution in [0.5, 0.6) is 5.75 Å². The average Bonchev–Trinajstić information content (AvgIpc) is 2.59. The second-order valence-corrected chi connectivity index (χ2v) is 5.88. The van der Waals surface area contributed by atoms with Crippen LogP contribution in [0.2, 0.25) is 0 Å². The first-order valence-electron chi connectivity index (χ1n) is 7.58. The Labute approximate surface area is 141 Å². The standard InChI is InChI=1S/C19H21NO2S/c1-3-13-23-18-12-8-6-10-16(18)19(21)20-14-15-9-5-7-11-17(15)22-4-2/h3,5-12H,1,4,13-14H2,2H3,(H,20,21). The predicted molar refractivity (Wildman–Crippen MR) is 96.1 cm³/mol. The number of thioether (sulfide) groups is 1. The Kier molecular flexibility index (Phi) is 6.76. The van der Waals surface area contributed by atoms with E-state index in [0.717, 1.165) is 22.0 Å². The van der Waals surface area contributed by atoms with E-state index in [1.165, 1.54) is 0 Å². The lowest BCUT2D eigenvalue weighted by atomic mass is 10.1. The molecule has 2 aromatic carbocycles. The van der Waals surface area contributed by atoms with Gasteiger partial charge in [-0.25, -0.2) is 0 Å². The number of ether oxygens (including phenoxy) is 1. The van der Waals surface area contributed by atoms with Crippen molar-refractivity contribution >= 4 is 17.7 Å². The highest BCUT2D eigenvalue weighted by molar-refractivity contribution is 7.99. The molecule has 0 aliphatic rings. The summed E-state index contributed by atoms with van der Waals surface area (Å²) in [5.41, 5.74) is 1.66. The first-order valence-corrected chi connectivity index (χ1v) is 8.56. The molecule has 0 atom stereocenters. The fraction of sp³-hybridized carbons (Fsp3) is 0.211. The third-order valence-corrected chi connectivity index (χ3v) is 4.27. The Morgan fingerprint density at radius 3 is 2.74 bits per heavy atom. The van der Waals surface area contributed by atoms with Crippen LogP contribution in [0.15, 0.2) is 66.1 Å². The van der Waals surface area contributed by atoms with Gasteiger partial charge in [0.2, 0.25) is 0 Å². The summed E-state index contributed by atoms with van der Waals surface area (Å²) < 4.78 is 5.59. The van der Waals surface area contributed by atoms with Crippen molar-refractivity contribution in [2.45, 2.75) is 18.4 Å². The average molecular weight is 327 g/mol. The lowest BCUT2D eigenvalue weighted by Gasteiger charge is -2.12. The minimum atomic E-state index is -0.0801. The van der Waals surface area contributed by atoms with E-state index in [1.807, 2.05) is 61.5 Å². The van der Waals surface area contributed by atoms with E-state index in [9.17, 15) is 4.79 Å². The van der Waals surface area contributed by atoms with E-state index in [4.69, 9.17) is 4.74 Å². The summed E-state index contributed by atoms with van der Waals surface area (Å²) in [6, 6.07) is 15.4. The minimum absolute atomic E-state index is 0.0801. The number of nitrogens with one attached hydrogen (secondary N) is 1. The molecule has 23 heavy (non-hydrogen) atoms. The molecular formula is C19H21NO2S. The third kappa shape index (κ3) is 4.89. The van der Waals surface area contributed by atoms with Gasteiger partial charge >= 0.3 is 0 Å². The highest BCUT2D eigenvalue weighted by Gasteiger charge is 2.11. The van der Waals surface area contributed by atoms with Crippen LogP contribution in [0, 0.1) is 0 Å². The van der Waals surface area contributed by atoms with E-state index >= 15 is 0 Å². The van der Waals surface area contributed by atoms with Crippen molar-refractivity contribution in [3.8, 4) is 5.75 Å². The van der Waals surface area contributed by atoms with Gasteiger partial charge in [0.25, 0.3) is 5.91 Å². The maximum Gasteiger partial charge on any atom is 0.252 e. The molecule has 4 heteroatoms. The van der Waals surface area contributed by atoms with Gasteiger partial charge in [0.1, 0.15) is 5.75 Å². The molecule has 0 aliphatic heterocycles. The molecule has 0 saturated carbocycles. The Hall–Kier alpha value is -2.20. The molecule has 0 unspecified atom stereocenters. The molecule has 120 valence electrons. The van der Waals surface area contributed by atoms with Crippen molar-refractivity contribution in [2.24, 2.45) is 0 Å². The molecular weight excluding hydrogens is 306 g/mol. The van der Waals surface area contributed by atoms with Crippen molar-refractivity contribution in [3.05, 3.63) is 72.3 Å². The van der Waals surface area contributed by atoms with Gasteiger partial charge in [0.05, 0.1) is 12.2 Å². The van der Waals surface area contributed by atoms with Gasteiger partial charge in [-0.15, -0.1) is 18.3 Å². The molecule has 0 radical (unpaired) electrons. The molecule has 1 amide bonds. The van der Waals surface area contributed by atoms with Crippen molar-refractivity contribution in [3.63, 3.8) is 0 Å². The van der Waals surface area contributed by atoms with Crippen LogP contribution in [0.3, 0.4) is 0 Å². The van der Waals surface area contributed by atoms with Gasteiger partial charge in [-0.3, -0.25) is 4.79 Å². The molecule has 0 fully saturated rings. The Bertz CT molecular complexity index is 670. The first kappa shape index (κ1) is 17.2. The van der Waals surface area contributed by atoms with Gasteiger partial charge in [0.15, 0.2) is 0 Å². The van der Waals surface area contributed by atoms with Gasteiger partial charge in [0, 0.05) is 22.8 Å². The quantitative estimate of drug-likeness (QED) is 0.580. The summed E-state index contributed by atoms with van der Waals surface area (Å²) in [4.78, 5) is 13.4. The predicted octanol–water partition coefficient (Wildman–Crippen LogP) is 4.29. The highest BCUT2D eigenvalue weighted by Crippen LogP contribution is 2.23. The van der Waals surface area contributed by atoms with Gasteiger partial charge in [-0.05, 0) is 25.1 Å². The second-order valence-electron chi connectivity index (χ2n) is 4.82. The maximum atomic E-state index is 12.5. The van der Waals surface area contributed by atoms with Crippen LogP contribution in [0.4, 0.5) is 0 Å². The normalized spacial score (nSPS) is 10.1. The van der Waals surface area contributed by atoms with E-state index < -0.39 is 0 Å². The van der Waals surface area contributed by atoms with E-state index in [0.29, 0.717) is 18.7 Å². The molecule has 0 aromatic heterocycles. The van der Waals surface area contributed by atoms with Crippen LogP contribution in [0.1, 0.15) is 22.8 Å². The number of carbonyl (C=O) groups is 1. The molecule has 0 bridgehead atoms. The van der Waals surface area contributed by atoms with Crippen molar-refractivity contribution in [2.75, 3.05) is 12.4 Å². The monoisotopic (exact) mass is 327 g/mol. The van der Waals surface area contributed by atoms with E-state index in [2.05, 4.69) is 11.9 Å². The summed E-state index contributed by atoms with van der Waals surface area (Å²) in [6.07, 6.45) is 1.83. The Morgan fingerprint density at radius 1 is 1.22 bits per heavy atom. The molecule has 0 aliphatic carbocycles. The van der Waals surface area contributed by atoms with Crippen LogP contribution in [0.25, 0.3) is 0 Å². The molecule has 2 rings (SSSR count). The molecule has 2 aromatic rings. The lowest BCUT2D eigenvalue weighted by molar-refractivity contribution is 0.0947. The van der Waals surface area contributed by atoms with Gasteiger partial charge < -0.3 is 10.1 Å². The van der Waals surface area contributed by atoms with E-state index in [1.54, 1.807) is 11.8 Å². The fourth-order valence-electron chi connectivity index (χ4n) is 2.15. The SMILES string of the molecule is C=CCSc1ccccc1C(=O)NCc1ccccc1OCC. The zero-order valence-corrected chi connectivity index (χ0v) is 14.1. The molecule has 0 saturated heterocycles. The Balaban J connectivity index is 2.07. The summed E-state index contributed by atoms with van der Waals surface area (Å²) >= 11 is 1.60. The third-order valence-electron chi connectivity index (χ3n) is 3.20. The number of para-hydroxylation sites is 1. The summed E-state index contributed by atoms with van der Waals surface area (Å²) in [6.45, 7) is 6.71. The number of rotatable bonds is 8. The summed E-state index contributed by atoms with van der Waals surface area (Å²) in [7, 11) is 0. The van der Waals surface area contributed by atoms with E-state index in [-0.39, 0.29) is 5.91 Å². The largest absolute Gasteiger partial charge is 0.494 e. The summed E-state index contributed by atoms with van der Waals surface area (Å²) in [5, 5.41) is 2.97. The van der Waals surface area contributed by atoms with Crippen LogP contribution in [-0.4, -0.2) is 18.3 Å². The number of benzene rings is 2. The number of amides is 1. The second kappa shape index (κ2) is 9.06. The van der Waals surface area contributed by atoms with Crippen LogP contribution < -0.4 is 10.1 Å². The molecule has 0 heterocycles. The van der Waals surface area contributed by atoms with Crippen molar-refractivity contribution in [1.29, 1.82) is 0 Å². The highest BCUT2D eigenvalue weighted by atomic mass is 32.2. The fourth-order valence-corrected chi connectivity index (χ4v) is 2.93. The van der Waals surface area contributed by atoms with Gasteiger partial charge in [-0.1, -0.05) is 36.4 Å². The zero-order chi connectivity index (χ0) is 16.5. The first-order chi connectivity index (χ1) is 11.3. The number of hydrogen-bond acceptors (Lipinski definition) is 3. The lowest BCUT2D eigenvalue weighted by Crippen LogP contribution is -2.23. The molecule has 1 N–H and O–H groups in total. The molecule has 0 spiro atoms. The number of carbonyl (C=O) groups excluding carboxylic acids is 1. The Morgan fingerprint density at radius 2 is 1.96 bits per heavy atom. The van der Waals surface area contributed by atoms with Gasteiger partial charge in [-0.2, -0.15) is 0 Å². The van der Waals surface area contributed by atoms with Crippen LogP contribution >= 0.6 is 11.8 Å². The topological polar surface area (TPSA) is 38.3 Å². The minimum Gasteiger partial charge on any atom is -0.494 e. The maximum absolute atomic E-state index is 12.5. The number of hydrogen-bond donors (Lipinski definition) is 1. The zero-order valence-electron chi connectivity index (χ0n) is 13.2.